The highest BCUT2D eigenvalue weighted by atomic mass is 35.5. The van der Waals surface area contributed by atoms with Crippen LogP contribution in [0.3, 0.4) is 0 Å². The van der Waals surface area contributed by atoms with Crippen LogP contribution in [0, 0.1) is 0 Å². The molecule has 5 heteroatoms. The Morgan fingerprint density at radius 3 is 2.75 bits per heavy atom. The molecule has 0 bridgehead atoms. The SMILES string of the molecule is COc1ccccc1CCC(=O)Oc1ccc(Cl)c2cccnc12. The summed E-state index contributed by atoms with van der Waals surface area (Å²) in [7, 11) is 1.61. The number of benzene rings is 2. The summed E-state index contributed by atoms with van der Waals surface area (Å²) in [5.74, 6) is 0.860. The monoisotopic (exact) mass is 341 g/mol. The van der Waals surface area contributed by atoms with Gasteiger partial charge in [0.1, 0.15) is 11.3 Å². The summed E-state index contributed by atoms with van der Waals surface area (Å²) >= 11 is 6.15. The second kappa shape index (κ2) is 7.32. The van der Waals surface area contributed by atoms with Gasteiger partial charge in [0.25, 0.3) is 0 Å². The largest absolute Gasteiger partial charge is 0.496 e. The van der Waals surface area contributed by atoms with Gasteiger partial charge in [0.15, 0.2) is 5.75 Å². The number of aryl methyl sites for hydroxylation is 1. The van der Waals surface area contributed by atoms with Crippen LogP contribution in [-0.4, -0.2) is 18.1 Å². The zero-order valence-corrected chi connectivity index (χ0v) is 13.9. The fraction of sp³-hybridized carbons (Fsp3) is 0.158. The maximum Gasteiger partial charge on any atom is 0.311 e. The van der Waals surface area contributed by atoms with Crippen molar-refractivity contribution in [2.24, 2.45) is 0 Å². The van der Waals surface area contributed by atoms with Gasteiger partial charge in [0.05, 0.1) is 18.6 Å². The maximum atomic E-state index is 12.2. The van der Waals surface area contributed by atoms with Crippen LogP contribution in [0.4, 0.5) is 0 Å². The van der Waals surface area contributed by atoms with Gasteiger partial charge in [-0.3, -0.25) is 9.78 Å². The van der Waals surface area contributed by atoms with Gasteiger partial charge < -0.3 is 9.47 Å². The predicted octanol–water partition coefficient (Wildman–Crippen LogP) is 4.44. The molecule has 1 heterocycles. The molecule has 2 aromatic carbocycles. The molecule has 4 nitrogen and oxygen atoms in total. The third-order valence-corrected chi connectivity index (χ3v) is 4.02. The van der Waals surface area contributed by atoms with Gasteiger partial charge in [-0.1, -0.05) is 29.8 Å². The fourth-order valence-corrected chi connectivity index (χ4v) is 2.73. The standard InChI is InChI=1S/C19H16ClNO3/c1-23-16-7-3-2-5-13(16)8-11-18(22)24-17-10-9-15(20)14-6-4-12-21-19(14)17/h2-7,9-10,12H,8,11H2,1H3. The van der Waals surface area contributed by atoms with Gasteiger partial charge >= 0.3 is 5.97 Å². The molecule has 3 rings (SSSR count). The molecule has 0 unspecified atom stereocenters. The highest BCUT2D eigenvalue weighted by Crippen LogP contribution is 2.30. The number of methoxy groups -OCH3 is 1. The Balaban J connectivity index is 1.73. The van der Waals surface area contributed by atoms with Crippen LogP contribution in [0.5, 0.6) is 11.5 Å². The van der Waals surface area contributed by atoms with Crippen LogP contribution in [-0.2, 0) is 11.2 Å². The van der Waals surface area contributed by atoms with E-state index in [1.165, 1.54) is 0 Å². The number of pyridine rings is 1. The smallest absolute Gasteiger partial charge is 0.311 e. The zero-order valence-electron chi connectivity index (χ0n) is 13.2. The maximum absolute atomic E-state index is 12.2. The summed E-state index contributed by atoms with van der Waals surface area (Å²) in [4.78, 5) is 16.4. The molecular weight excluding hydrogens is 326 g/mol. The van der Waals surface area contributed by atoms with E-state index < -0.39 is 0 Å². The van der Waals surface area contributed by atoms with Crippen LogP contribution < -0.4 is 9.47 Å². The second-order valence-electron chi connectivity index (χ2n) is 5.23. The van der Waals surface area contributed by atoms with Crippen LogP contribution in [0.1, 0.15) is 12.0 Å². The van der Waals surface area contributed by atoms with Crippen LogP contribution >= 0.6 is 11.6 Å². The average Bonchev–Trinajstić information content (AvgIpc) is 2.63. The molecular formula is C19H16ClNO3. The van der Waals surface area contributed by atoms with E-state index in [2.05, 4.69) is 4.98 Å². The van der Waals surface area contributed by atoms with Crippen LogP contribution in [0.15, 0.2) is 54.7 Å². The van der Waals surface area contributed by atoms with E-state index in [1.807, 2.05) is 30.3 Å². The van der Waals surface area contributed by atoms with E-state index in [1.54, 1.807) is 31.5 Å². The van der Waals surface area contributed by atoms with Gasteiger partial charge in [-0.25, -0.2) is 0 Å². The first kappa shape index (κ1) is 16.3. The fourth-order valence-electron chi connectivity index (χ4n) is 2.51. The lowest BCUT2D eigenvalue weighted by Gasteiger charge is -2.09. The molecule has 24 heavy (non-hydrogen) atoms. The summed E-state index contributed by atoms with van der Waals surface area (Å²) in [5.41, 5.74) is 1.55. The van der Waals surface area contributed by atoms with E-state index in [4.69, 9.17) is 21.1 Å². The van der Waals surface area contributed by atoms with Gasteiger partial charge in [0.2, 0.25) is 0 Å². The van der Waals surface area contributed by atoms with Gasteiger partial charge in [-0.2, -0.15) is 0 Å². The quantitative estimate of drug-likeness (QED) is 0.508. The molecule has 1 aromatic heterocycles. The number of rotatable bonds is 5. The Morgan fingerprint density at radius 1 is 1.08 bits per heavy atom. The molecule has 0 amide bonds. The Bertz CT molecular complexity index is 879. The van der Waals surface area contributed by atoms with Crippen molar-refractivity contribution in [1.29, 1.82) is 0 Å². The number of nitrogens with zero attached hydrogens (tertiary/aromatic N) is 1. The highest BCUT2D eigenvalue weighted by molar-refractivity contribution is 6.35. The Kier molecular flexibility index (Phi) is 4.96. The van der Waals surface area contributed by atoms with Crippen molar-refractivity contribution in [3.05, 3.63) is 65.3 Å². The lowest BCUT2D eigenvalue weighted by molar-refractivity contribution is -0.134. The minimum atomic E-state index is -0.324. The molecule has 0 aliphatic rings. The number of ether oxygens (including phenoxy) is 2. The number of carbonyl (C=O) groups is 1. The molecule has 0 radical (unpaired) electrons. The van der Waals surface area contributed by atoms with Gasteiger partial charge in [0, 0.05) is 11.6 Å². The van der Waals surface area contributed by atoms with Crippen molar-refractivity contribution in [2.45, 2.75) is 12.8 Å². The van der Waals surface area contributed by atoms with E-state index in [9.17, 15) is 4.79 Å². The lowest BCUT2D eigenvalue weighted by Crippen LogP contribution is -2.10. The lowest BCUT2D eigenvalue weighted by atomic mass is 10.1. The molecule has 0 N–H and O–H groups in total. The number of halogens is 1. The Labute approximate surface area is 145 Å². The second-order valence-corrected chi connectivity index (χ2v) is 5.64. The predicted molar refractivity (Wildman–Crippen MR) is 93.7 cm³/mol. The molecule has 0 atom stereocenters. The normalized spacial score (nSPS) is 10.6. The number of aromatic nitrogens is 1. The number of para-hydroxylation sites is 1. The first-order valence-electron chi connectivity index (χ1n) is 7.55. The first-order valence-corrected chi connectivity index (χ1v) is 7.92. The molecule has 3 aromatic rings. The Hall–Kier alpha value is -2.59. The summed E-state index contributed by atoms with van der Waals surface area (Å²) in [6.07, 6.45) is 2.43. The average molecular weight is 342 g/mol. The Morgan fingerprint density at radius 2 is 1.92 bits per heavy atom. The highest BCUT2D eigenvalue weighted by Gasteiger charge is 2.12. The number of hydrogen-bond donors (Lipinski definition) is 0. The van der Waals surface area contributed by atoms with Crippen molar-refractivity contribution in [2.75, 3.05) is 7.11 Å². The van der Waals surface area contributed by atoms with Gasteiger partial charge in [-0.15, -0.1) is 0 Å². The molecule has 0 spiro atoms. The van der Waals surface area contributed by atoms with Crippen LogP contribution in [0.2, 0.25) is 5.02 Å². The van der Waals surface area contributed by atoms with Crippen molar-refractivity contribution in [1.82, 2.24) is 4.98 Å². The van der Waals surface area contributed by atoms with E-state index in [-0.39, 0.29) is 12.4 Å². The number of fused-ring (bicyclic) bond motifs is 1. The van der Waals surface area contributed by atoms with Gasteiger partial charge in [-0.05, 0) is 42.3 Å². The third kappa shape index (κ3) is 3.49. The molecule has 0 saturated carbocycles. The molecule has 0 saturated heterocycles. The topological polar surface area (TPSA) is 48.4 Å². The minimum Gasteiger partial charge on any atom is -0.496 e. The minimum absolute atomic E-state index is 0.247. The summed E-state index contributed by atoms with van der Waals surface area (Å²) in [6, 6.07) is 14.6. The third-order valence-electron chi connectivity index (χ3n) is 3.69. The molecule has 0 aliphatic heterocycles. The van der Waals surface area contributed by atoms with E-state index in [0.717, 1.165) is 16.7 Å². The molecule has 0 aliphatic carbocycles. The van der Waals surface area contributed by atoms with Crippen molar-refractivity contribution in [3.63, 3.8) is 0 Å². The molecule has 122 valence electrons. The first-order chi connectivity index (χ1) is 11.7. The summed E-state index contributed by atoms with van der Waals surface area (Å²) in [5, 5.41) is 1.33. The number of hydrogen-bond acceptors (Lipinski definition) is 4. The number of esters is 1. The van der Waals surface area contributed by atoms with E-state index >= 15 is 0 Å². The van der Waals surface area contributed by atoms with E-state index in [0.29, 0.717) is 22.7 Å². The van der Waals surface area contributed by atoms with Crippen molar-refractivity contribution < 1.29 is 14.3 Å². The zero-order chi connectivity index (χ0) is 16.9. The number of carbonyl (C=O) groups excluding carboxylic acids is 1. The summed E-state index contributed by atoms with van der Waals surface area (Å²) in [6.45, 7) is 0. The molecule has 0 fully saturated rings. The van der Waals surface area contributed by atoms with Crippen LogP contribution in [0.25, 0.3) is 10.9 Å². The van der Waals surface area contributed by atoms with Crippen molar-refractivity contribution in [3.8, 4) is 11.5 Å². The van der Waals surface area contributed by atoms with Crippen molar-refractivity contribution >= 4 is 28.5 Å². The summed E-state index contributed by atoms with van der Waals surface area (Å²) < 4.78 is 10.8.